The van der Waals surface area contributed by atoms with Crippen LogP contribution in [0, 0.1) is 0 Å². The number of esters is 3. The van der Waals surface area contributed by atoms with Gasteiger partial charge in [0.05, 0.1) is 0 Å². The molecule has 0 fully saturated rings. The van der Waals surface area contributed by atoms with Crippen molar-refractivity contribution >= 4 is 17.9 Å². The molecule has 0 bridgehead atoms. The molecule has 0 aliphatic rings. The lowest BCUT2D eigenvalue weighted by Gasteiger charge is -2.18. The van der Waals surface area contributed by atoms with Gasteiger partial charge in [0, 0.05) is 19.3 Å². The minimum atomic E-state index is -0.803. The molecule has 0 heterocycles. The fourth-order valence-corrected chi connectivity index (χ4v) is 6.21. The first kappa shape index (κ1) is 58.8. The van der Waals surface area contributed by atoms with Crippen molar-refractivity contribution in [3.8, 4) is 0 Å². The molecule has 0 N–H and O–H groups in total. The molecule has 0 saturated carbocycles. The molecule has 354 valence electrons. The molecule has 0 saturated heterocycles. The van der Waals surface area contributed by atoms with E-state index in [0.717, 1.165) is 122 Å². The Bertz CT molecular complexity index is 1370. The SMILES string of the molecule is CC/C=C\C/C=C\C/C=C\C/C=C\C/C=C\C/C=C\C/C=C\C/C=C\C/C=C\CCCC(=O)OCC(COC(=O)CCCCCCCC)OC(=O)CCCCCCC/C=C\CCC. The first-order valence-corrected chi connectivity index (χ1v) is 25.0. The molecule has 63 heavy (non-hydrogen) atoms. The van der Waals surface area contributed by atoms with Gasteiger partial charge in [0.25, 0.3) is 0 Å². The van der Waals surface area contributed by atoms with Crippen molar-refractivity contribution in [2.45, 2.75) is 207 Å². The van der Waals surface area contributed by atoms with Gasteiger partial charge in [-0.05, 0) is 103 Å². The maximum Gasteiger partial charge on any atom is 0.306 e. The summed E-state index contributed by atoms with van der Waals surface area (Å²) in [6.07, 6.45) is 69.4. The summed E-state index contributed by atoms with van der Waals surface area (Å²) in [5.41, 5.74) is 0. The number of unbranched alkanes of at least 4 members (excludes halogenated alkanes) is 12. The van der Waals surface area contributed by atoms with Crippen LogP contribution in [0.2, 0.25) is 0 Å². The van der Waals surface area contributed by atoms with Gasteiger partial charge in [-0.15, -0.1) is 0 Å². The predicted molar refractivity (Wildman–Crippen MR) is 269 cm³/mol. The molecule has 0 amide bonds. The van der Waals surface area contributed by atoms with E-state index < -0.39 is 6.10 Å². The second-order valence-corrected chi connectivity index (χ2v) is 16.0. The van der Waals surface area contributed by atoms with E-state index in [1.807, 2.05) is 0 Å². The quantitative estimate of drug-likeness (QED) is 0.0263. The predicted octanol–water partition coefficient (Wildman–Crippen LogP) is 16.5. The smallest absolute Gasteiger partial charge is 0.306 e. The van der Waals surface area contributed by atoms with E-state index >= 15 is 0 Å². The highest BCUT2D eigenvalue weighted by molar-refractivity contribution is 5.71. The molecular formula is C57H90O6. The lowest BCUT2D eigenvalue weighted by atomic mass is 10.1. The summed E-state index contributed by atoms with van der Waals surface area (Å²) in [5, 5.41) is 0. The topological polar surface area (TPSA) is 78.9 Å². The van der Waals surface area contributed by atoms with Crippen LogP contribution >= 0.6 is 0 Å². The van der Waals surface area contributed by atoms with E-state index in [1.165, 1.54) is 32.1 Å². The van der Waals surface area contributed by atoms with E-state index in [0.29, 0.717) is 19.3 Å². The Kier molecular flexibility index (Phi) is 47.1. The summed E-state index contributed by atoms with van der Waals surface area (Å²) in [6, 6.07) is 0. The number of carbonyl (C=O) groups excluding carboxylic acids is 3. The molecule has 6 nitrogen and oxygen atoms in total. The van der Waals surface area contributed by atoms with Crippen LogP contribution in [0.4, 0.5) is 0 Å². The Balaban J connectivity index is 4.26. The number of rotatable bonds is 43. The first-order valence-electron chi connectivity index (χ1n) is 25.0. The van der Waals surface area contributed by atoms with Crippen LogP contribution < -0.4 is 0 Å². The molecule has 1 unspecified atom stereocenters. The minimum absolute atomic E-state index is 0.102. The monoisotopic (exact) mass is 871 g/mol. The van der Waals surface area contributed by atoms with Crippen molar-refractivity contribution in [1.82, 2.24) is 0 Å². The Hall–Kier alpha value is -4.19. The number of hydrogen-bond acceptors (Lipinski definition) is 6. The molecule has 0 aliphatic carbocycles. The fraction of sp³-hybridized carbons (Fsp3) is 0.596. The van der Waals surface area contributed by atoms with Crippen molar-refractivity contribution in [3.05, 3.63) is 122 Å². The molecule has 1 atom stereocenters. The van der Waals surface area contributed by atoms with Crippen LogP contribution in [0.15, 0.2) is 122 Å². The first-order chi connectivity index (χ1) is 31.0. The molecule has 0 aromatic heterocycles. The summed E-state index contributed by atoms with van der Waals surface area (Å²) < 4.78 is 16.6. The Labute approximate surface area is 386 Å². The Morgan fingerprint density at radius 1 is 0.333 bits per heavy atom. The maximum absolute atomic E-state index is 12.7. The van der Waals surface area contributed by atoms with Gasteiger partial charge < -0.3 is 14.2 Å². The lowest BCUT2D eigenvalue weighted by Crippen LogP contribution is -2.30. The van der Waals surface area contributed by atoms with E-state index in [4.69, 9.17) is 14.2 Å². The van der Waals surface area contributed by atoms with Crippen LogP contribution in [0.25, 0.3) is 0 Å². The molecule has 0 radical (unpaired) electrons. The maximum atomic E-state index is 12.7. The molecule has 0 rings (SSSR count). The number of hydrogen-bond donors (Lipinski definition) is 0. The van der Waals surface area contributed by atoms with Gasteiger partial charge in [-0.3, -0.25) is 14.4 Å². The van der Waals surface area contributed by atoms with Crippen LogP contribution in [0.1, 0.15) is 201 Å². The van der Waals surface area contributed by atoms with E-state index in [9.17, 15) is 14.4 Å². The van der Waals surface area contributed by atoms with Gasteiger partial charge >= 0.3 is 17.9 Å². The van der Waals surface area contributed by atoms with Crippen molar-refractivity contribution < 1.29 is 28.6 Å². The van der Waals surface area contributed by atoms with Crippen LogP contribution in [-0.4, -0.2) is 37.2 Å². The van der Waals surface area contributed by atoms with E-state index in [-0.39, 0.29) is 37.5 Å². The summed E-state index contributed by atoms with van der Waals surface area (Å²) in [7, 11) is 0. The fourth-order valence-electron chi connectivity index (χ4n) is 6.21. The summed E-state index contributed by atoms with van der Waals surface area (Å²) in [6.45, 7) is 6.31. The zero-order valence-corrected chi connectivity index (χ0v) is 40.3. The lowest BCUT2D eigenvalue weighted by molar-refractivity contribution is -0.167. The Morgan fingerprint density at radius 3 is 1.11 bits per heavy atom. The second-order valence-electron chi connectivity index (χ2n) is 16.0. The van der Waals surface area contributed by atoms with Gasteiger partial charge in [-0.25, -0.2) is 0 Å². The Morgan fingerprint density at radius 2 is 0.667 bits per heavy atom. The highest BCUT2D eigenvalue weighted by Crippen LogP contribution is 2.12. The van der Waals surface area contributed by atoms with E-state index in [2.05, 4.69) is 142 Å². The van der Waals surface area contributed by atoms with Gasteiger partial charge in [-0.2, -0.15) is 0 Å². The van der Waals surface area contributed by atoms with Crippen LogP contribution in [0.3, 0.4) is 0 Å². The molecule has 0 aromatic carbocycles. The zero-order chi connectivity index (χ0) is 45.8. The molecule has 6 heteroatoms. The van der Waals surface area contributed by atoms with Crippen molar-refractivity contribution in [2.75, 3.05) is 13.2 Å². The molecule has 0 aliphatic heterocycles. The average molecular weight is 871 g/mol. The third-order valence-electron chi connectivity index (χ3n) is 9.93. The van der Waals surface area contributed by atoms with Crippen molar-refractivity contribution in [2.24, 2.45) is 0 Å². The van der Waals surface area contributed by atoms with Gasteiger partial charge in [-0.1, -0.05) is 200 Å². The largest absolute Gasteiger partial charge is 0.462 e. The normalized spacial score (nSPS) is 13.1. The van der Waals surface area contributed by atoms with Gasteiger partial charge in [0.15, 0.2) is 6.10 Å². The number of carbonyl (C=O) groups is 3. The summed E-state index contributed by atoms with van der Waals surface area (Å²) >= 11 is 0. The third kappa shape index (κ3) is 48.7. The van der Waals surface area contributed by atoms with E-state index in [1.54, 1.807) is 0 Å². The van der Waals surface area contributed by atoms with Gasteiger partial charge in [0.2, 0.25) is 0 Å². The zero-order valence-electron chi connectivity index (χ0n) is 40.3. The molecule has 0 aromatic rings. The van der Waals surface area contributed by atoms with Gasteiger partial charge in [0.1, 0.15) is 13.2 Å². The molecule has 0 spiro atoms. The van der Waals surface area contributed by atoms with Crippen LogP contribution in [0.5, 0.6) is 0 Å². The highest BCUT2D eigenvalue weighted by atomic mass is 16.6. The number of allylic oxidation sites excluding steroid dienone is 20. The van der Waals surface area contributed by atoms with Crippen molar-refractivity contribution in [1.29, 1.82) is 0 Å². The standard InChI is InChI=1S/C57H90O6/c1-4-7-10-13-16-18-20-21-22-23-24-25-26-27-28-29-30-31-32-33-34-35-36-37-38-40-41-44-47-50-56(59)62-53-54(52-61-55(58)49-46-43-15-12-9-6-3)63-57(60)51-48-45-42-39-19-17-14-11-8-5-2/h7,10-11,14,16,18,21-22,24-25,27-28,30-31,33-34,36-37,40-41,54H,4-6,8-9,12-13,15,17,19-20,23,26,29,32,35,38-39,42-53H2,1-3H3/b10-7-,14-11-,18-16-,22-21-,25-24-,28-27-,31-30-,34-33-,37-36-,41-40-. The van der Waals surface area contributed by atoms with Crippen LogP contribution in [-0.2, 0) is 28.6 Å². The summed E-state index contributed by atoms with van der Waals surface area (Å²) in [5.74, 6) is -0.998. The second kappa shape index (κ2) is 50.5. The average Bonchev–Trinajstić information content (AvgIpc) is 3.28. The molecular weight excluding hydrogens is 781 g/mol. The minimum Gasteiger partial charge on any atom is -0.462 e. The third-order valence-corrected chi connectivity index (χ3v) is 9.93. The summed E-state index contributed by atoms with van der Waals surface area (Å²) in [4.78, 5) is 37.5. The van der Waals surface area contributed by atoms with Crippen molar-refractivity contribution in [3.63, 3.8) is 0 Å². The number of ether oxygens (including phenoxy) is 3. The highest BCUT2D eigenvalue weighted by Gasteiger charge is 2.19.